The number of nitrogens with zero attached hydrogens (tertiary/aromatic N) is 1. The number of carbonyl (C=O) groups is 1. The maximum absolute atomic E-state index is 12.0. The van der Waals surface area contributed by atoms with Crippen LogP contribution in [-0.4, -0.2) is 10.8 Å². The first kappa shape index (κ1) is 11.0. The Morgan fingerprint density at radius 1 is 1.47 bits per heavy atom. The summed E-state index contributed by atoms with van der Waals surface area (Å²) in [6, 6.07) is 1.89. The first-order chi connectivity index (χ1) is 7.08. The van der Waals surface area contributed by atoms with Gasteiger partial charge in [-0.1, -0.05) is 0 Å². The van der Waals surface area contributed by atoms with Gasteiger partial charge in [0.1, 0.15) is 5.69 Å². The van der Waals surface area contributed by atoms with Crippen molar-refractivity contribution in [2.24, 2.45) is 0 Å². The van der Waals surface area contributed by atoms with Crippen molar-refractivity contribution < 1.29 is 4.79 Å². The molecule has 2 rings (SSSR count). The summed E-state index contributed by atoms with van der Waals surface area (Å²) >= 11 is 6.37. The van der Waals surface area contributed by atoms with Crippen LogP contribution in [0, 0.1) is 13.8 Å². The van der Waals surface area contributed by atoms with Gasteiger partial charge in [0.2, 0.25) is 5.78 Å². The number of carbonyl (C=O) groups excluding carboxylic acids is 1. The van der Waals surface area contributed by atoms with Crippen molar-refractivity contribution in [3.8, 4) is 0 Å². The van der Waals surface area contributed by atoms with Crippen molar-refractivity contribution >= 4 is 44.4 Å². The summed E-state index contributed by atoms with van der Waals surface area (Å²) in [6.07, 6.45) is 0. The predicted octanol–water partition coefficient (Wildman–Crippen LogP) is 3.81. The SMILES string of the molecule is Cc1nc(C(=O)c2cc(C)c(Br)s2)cs1. The highest BCUT2D eigenvalue weighted by atomic mass is 79.9. The van der Waals surface area contributed by atoms with E-state index < -0.39 is 0 Å². The Morgan fingerprint density at radius 2 is 2.20 bits per heavy atom. The first-order valence-corrected chi connectivity index (χ1v) is 6.79. The van der Waals surface area contributed by atoms with Gasteiger partial charge in [0.25, 0.3) is 0 Å². The summed E-state index contributed by atoms with van der Waals surface area (Å²) in [5.74, 6) is 0.0122. The van der Waals surface area contributed by atoms with Crippen LogP contribution >= 0.6 is 38.6 Å². The molecule has 2 nitrogen and oxygen atoms in total. The minimum atomic E-state index is 0.0122. The van der Waals surface area contributed by atoms with Crippen LogP contribution in [0.3, 0.4) is 0 Å². The van der Waals surface area contributed by atoms with E-state index in [1.54, 1.807) is 5.38 Å². The lowest BCUT2D eigenvalue weighted by atomic mass is 10.2. The van der Waals surface area contributed by atoms with E-state index in [1.165, 1.54) is 22.7 Å². The van der Waals surface area contributed by atoms with Gasteiger partial charge in [-0.2, -0.15) is 0 Å². The fraction of sp³-hybridized carbons (Fsp3) is 0.200. The van der Waals surface area contributed by atoms with Crippen molar-refractivity contribution in [3.05, 3.63) is 36.4 Å². The topological polar surface area (TPSA) is 30.0 Å². The summed E-state index contributed by atoms with van der Waals surface area (Å²) in [6.45, 7) is 3.88. The summed E-state index contributed by atoms with van der Waals surface area (Å²) in [7, 11) is 0. The molecule has 15 heavy (non-hydrogen) atoms. The molecule has 0 atom stereocenters. The number of aromatic nitrogens is 1. The van der Waals surface area contributed by atoms with Crippen molar-refractivity contribution in [1.82, 2.24) is 4.98 Å². The zero-order valence-electron chi connectivity index (χ0n) is 8.20. The molecule has 0 radical (unpaired) electrons. The number of aryl methyl sites for hydroxylation is 2. The quantitative estimate of drug-likeness (QED) is 0.790. The second-order valence-corrected chi connectivity index (χ2v) is 6.58. The predicted molar refractivity (Wildman–Crippen MR) is 67.0 cm³/mol. The molecule has 0 aliphatic rings. The largest absolute Gasteiger partial charge is 0.286 e. The number of hydrogen-bond acceptors (Lipinski definition) is 4. The zero-order valence-corrected chi connectivity index (χ0v) is 11.4. The molecule has 0 saturated carbocycles. The average Bonchev–Trinajstić information content (AvgIpc) is 2.74. The highest BCUT2D eigenvalue weighted by Gasteiger charge is 2.15. The molecule has 0 saturated heterocycles. The Bertz CT molecular complexity index is 496. The summed E-state index contributed by atoms with van der Waals surface area (Å²) in [4.78, 5) is 16.9. The maximum Gasteiger partial charge on any atom is 0.222 e. The van der Waals surface area contributed by atoms with E-state index in [-0.39, 0.29) is 5.78 Å². The van der Waals surface area contributed by atoms with Gasteiger partial charge < -0.3 is 0 Å². The number of ketones is 1. The molecule has 0 amide bonds. The molecular formula is C10H8BrNOS2. The lowest BCUT2D eigenvalue weighted by Gasteiger charge is -1.90. The summed E-state index contributed by atoms with van der Waals surface area (Å²) in [5, 5.41) is 2.73. The molecule has 5 heteroatoms. The zero-order chi connectivity index (χ0) is 11.0. The molecule has 2 heterocycles. The number of halogens is 1. The van der Waals surface area contributed by atoms with E-state index in [0.29, 0.717) is 5.69 Å². The fourth-order valence-corrected chi connectivity index (χ4v) is 3.24. The minimum absolute atomic E-state index is 0.0122. The Hall–Kier alpha value is -0.520. The minimum Gasteiger partial charge on any atom is -0.286 e. The summed E-state index contributed by atoms with van der Waals surface area (Å²) < 4.78 is 1.01. The van der Waals surface area contributed by atoms with Gasteiger partial charge >= 0.3 is 0 Å². The van der Waals surface area contributed by atoms with Gasteiger partial charge in [0.05, 0.1) is 13.7 Å². The summed E-state index contributed by atoms with van der Waals surface area (Å²) in [5.41, 5.74) is 1.64. The van der Waals surface area contributed by atoms with E-state index in [1.807, 2.05) is 19.9 Å². The molecule has 0 N–H and O–H groups in total. The van der Waals surface area contributed by atoms with Crippen molar-refractivity contribution in [1.29, 1.82) is 0 Å². The third-order valence-corrected chi connectivity index (χ3v) is 4.84. The van der Waals surface area contributed by atoms with Crippen molar-refractivity contribution in [3.63, 3.8) is 0 Å². The second kappa shape index (κ2) is 4.15. The molecule has 0 aliphatic heterocycles. The Labute approximate surface area is 104 Å². The molecule has 2 aromatic heterocycles. The Morgan fingerprint density at radius 3 is 2.67 bits per heavy atom. The van der Waals surface area contributed by atoms with Gasteiger partial charge in [-0.3, -0.25) is 4.79 Å². The van der Waals surface area contributed by atoms with Crippen LogP contribution in [0.1, 0.15) is 25.9 Å². The monoisotopic (exact) mass is 301 g/mol. The van der Waals surface area contributed by atoms with Crippen LogP contribution < -0.4 is 0 Å². The van der Waals surface area contributed by atoms with Crippen molar-refractivity contribution in [2.75, 3.05) is 0 Å². The number of thiazole rings is 1. The van der Waals surface area contributed by atoms with Crippen LogP contribution in [0.25, 0.3) is 0 Å². The van der Waals surface area contributed by atoms with Crippen LogP contribution in [0.4, 0.5) is 0 Å². The lowest BCUT2D eigenvalue weighted by Crippen LogP contribution is -1.98. The van der Waals surface area contributed by atoms with E-state index in [4.69, 9.17) is 0 Å². The highest BCUT2D eigenvalue weighted by Crippen LogP contribution is 2.29. The normalized spacial score (nSPS) is 10.6. The fourth-order valence-electron chi connectivity index (χ4n) is 1.17. The first-order valence-electron chi connectivity index (χ1n) is 4.30. The van der Waals surface area contributed by atoms with Crippen LogP contribution in [0.2, 0.25) is 0 Å². The third kappa shape index (κ3) is 2.19. The molecule has 78 valence electrons. The smallest absolute Gasteiger partial charge is 0.222 e. The number of rotatable bonds is 2. The van der Waals surface area contributed by atoms with Crippen LogP contribution in [0.15, 0.2) is 15.2 Å². The molecule has 0 fully saturated rings. The lowest BCUT2D eigenvalue weighted by molar-refractivity contribution is 0.103. The Kier molecular flexibility index (Phi) is 3.04. The standard InChI is InChI=1S/C10H8BrNOS2/c1-5-3-8(15-10(5)11)9(13)7-4-14-6(2)12-7/h3-4H,1-2H3. The van der Waals surface area contributed by atoms with E-state index in [9.17, 15) is 4.79 Å². The third-order valence-electron chi connectivity index (χ3n) is 1.93. The molecule has 0 aliphatic carbocycles. The van der Waals surface area contributed by atoms with E-state index >= 15 is 0 Å². The molecule has 0 bridgehead atoms. The molecule has 0 spiro atoms. The molecule has 2 aromatic rings. The van der Waals surface area contributed by atoms with Crippen molar-refractivity contribution in [2.45, 2.75) is 13.8 Å². The molecule has 0 aromatic carbocycles. The van der Waals surface area contributed by atoms with E-state index in [2.05, 4.69) is 20.9 Å². The molecule has 0 unspecified atom stereocenters. The highest BCUT2D eigenvalue weighted by molar-refractivity contribution is 9.11. The number of thiophene rings is 1. The van der Waals surface area contributed by atoms with Gasteiger partial charge in [-0.15, -0.1) is 22.7 Å². The Balaban J connectivity index is 2.36. The number of hydrogen-bond donors (Lipinski definition) is 0. The maximum atomic E-state index is 12.0. The second-order valence-electron chi connectivity index (χ2n) is 3.15. The molecular weight excluding hydrogens is 294 g/mol. The van der Waals surface area contributed by atoms with Gasteiger partial charge in [-0.25, -0.2) is 4.98 Å². The van der Waals surface area contributed by atoms with Crippen LogP contribution in [-0.2, 0) is 0 Å². The van der Waals surface area contributed by atoms with Crippen LogP contribution in [0.5, 0.6) is 0 Å². The average molecular weight is 302 g/mol. The van der Waals surface area contributed by atoms with Gasteiger partial charge in [0, 0.05) is 5.38 Å². The van der Waals surface area contributed by atoms with E-state index in [0.717, 1.165) is 19.2 Å². The van der Waals surface area contributed by atoms with Gasteiger partial charge in [0.15, 0.2) is 0 Å². The van der Waals surface area contributed by atoms with Gasteiger partial charge in [-0.05, 0) is 41.4 Å².